The molecular weight excluding hydrogens is 394 g/mol. The van der Waals surface area contributed by atoms with Crippen LogP contribution >= 0.6 is 0 Å². The molecule has 3 rings (SSSR count). The van der Waals surface area contributed by atoms with Crippen molar-refractivity contribution in [2.75, 3.05) is 13.7 Å². The van der Waals surface area contributed by atoms with Crippen LogP contribution in [0.25, 0.3) is 23.1 Å². The molecule has 0 aliphatic rings. The lowest BCUT2D eigenvalue weighted by atomic mass is 10.0. The molecule has 0 fully saturated rings. The number of rotatable bonds is 8. The van der Waals surface area contributed by atoms with Gasteiger partial charge in [0.05, 0.1) is 41.9 Å². The first-order chi connectivity index (χ1) is 14.8. The number of aromatic nitrogens is 2. The van der Waals surface area contributed by atoms with E-state index in [9.17, 15) is 14.7 Å². The van der Waals surface area contributed by atoms with Gasteiger partial charge in [-0.25, -0.2) is 0 Å². The van der Waals surface area contributed by atoms with Crippen LogP contribution in [0.2, 0.25) is 0 Å². The predicted molar refractivity (Wildman–Crippen MR) is 121 cm³/mol. The van der Waals surface area contributed by atoms with Crippen LogP contribution in [0.3, 0.4) is 0 Å². The van der Waals surface area contributed by atoms with Crippen LogP contribution in [0.5, 0.6) is 5.75 Å². The van der Waals surface area contributed by atoms with E-state index in [0.717, 1.165) is 11.1 Å². The molecule has 7 heteroatoms. The zero-order valence-electron chi connectivity index (χ0n) is 18.1. The van der Waals surface area contributed by atoms with Crippen LogP contribution in [0.15, 0.2) is 36.4 Å². The van der Waals surface area contributed by atoms with Gasteiger partial charge in [0.25, 0.3) is 5.91 Å². The van der Waals surface area contributed by atoms with Gasteiger partial charge in [0, 0.05) is 5.56 Å². The van der Waals surface area contributed by atoms with Crippen molar-refractivity contribution in [1.82, 2.24) is 15.5 Å². The summed E-state index contributed by atoms with van der Waals surface area (Å²) in [4.78, 5) is 24.5. The molecule has 162 valence electrons. The van der Waals surface area contributed by atoms with Crippen LogP contribution in [0.1, 0.15) is 52.7 Å². The van der Waals surface area contributed by atoms with Gasteiger partial charge in [-0.2, -0.15) is 5.10 Å². The van der Waals surface area contributed by atoms with E-state index in [0.29, 0.717) is 28.0 Å². The Morgan fingerprint density at radius 1 is 1.23 bits per heavy atom. The summed E-state index contributed by atoms with van der Waals surface area (Å²) in [5.74, 6) is 0.167. The number of hydrogen-bond acceptors (Lipinski definition) is 5. The van der Waals surface area contributed by atoms with Crippen LogP contribution in [0, 0.1) is 5.92 Å². The van der Waals surface area contributed by atoms with E-state index in [2.05, 4.69) is 15.5 Å². The highest BCUT2D eigenvalue weighted by Gasteiger charge is 2.22. The monoisotopic (exact) mass is 421 g/mol. The Bertz CT molecular complexity index is 1130. The number of nitrogens with zero attached hydrogens (tertiary/aromatic N) is 1. The molecule has 3 aromatic rings. The number of ketones is 1. The third kappa shape index (κ3) is 4.83. The molecular formula is C24H27N3O4. The van der Waals surface area contributed by atoms with E-state index >= 15 is 0 Å². The van der Waals surface area contributed by atoms with Crippen LogP contribution < -0.4 is 10.1 Å². The van der Waals surface area contributed by atoms with Crippen molar-refractivity contribution < 1.29 is 19.4 Å². The Hall–Kier alpha value is -3.45. The van der Waals surface area contributed by atoms with Crippen molar-refractivity contribution in [3.8, 4) is 5.75 Å². The van der Waals surface area contributed by atoms with Gasteiger partial charge in [-0.05, 0) is 42.7 Å². The topological polar surface area (TPSA) is 104 Å². The van der Waals surface area contributed by atoms with Gasteiger partial charge in [0.2, 0.25) is 0 Å². The zero-order valence-corrected chi connectivity index (χ0v) is 18.1. The number of methoxy groups -OCH3 is 1. The van der Waals surface area contributed by atoms with Crippen LogP contribution in [-0.4, -0.2) is 46.8 Å². The number of nitrogens with one attached hydrogen (secondary N) is 2. The molecule has 1 amide bonds. The molecule has 0 unspecified atom stereocenters. The van der Waals surface area contributed by atoms with Gasteiger partial charge >= 0.3 is 0 Å². The van der Waals surface area contributed by atoms with Gasteiger partial charge in [-0.15, -0.1) is 0 Å². The lowest BCUT2D eigenvalue weighted by Gasteiger charge is -2.20. The van der Waals surface area contributed by atoms with E-state index < -0.39 is 0 Å². The second kappa shape index (κ2) is 9.57. The number of carbonyl (C=O) groups is 2. The summed E-state index contributed by atoms with van der Waals surface area (Å²) in [7, 11) is 1.51. The number of aliphatic hydroxyl groups is 1. The first kappa shape index (κ1) is 22.2. The molecule has 0 saturated heterocycles. The average molecular weight is 421 g/mol. The van der Waals surface area contributed by atoms with Crippen molar-refractivity contribution in [1.29, 1.82) is 0 Å². The number of hydrogen-bond donors (Lipinski definition) is 3. The Kier molecular flexibility index (Phi) is 6.87. The first-order valence-corrected chi connectivity index (χ1v) is 10.1. The average Bonchev–Trinajstić information content (AvgIpc) is 3.18. The number of aliphatic hydroxyl groups excluding tert-OH is 1. The molecule has 0 spiro atoms. The summed E-state index contributed by atoms with van der Waals surface area (Å²) in [6.45, 7) is 5.25. The lowest BCUT2D eigenvalue weighted by molar-refractivity contribution is 0.0893. The van der Waals surface area contributed by atoms with Gasteiger partial charge in [-0.3, -0.25) is 14.7 Å². The molecule has 1 aromatic heterocycles. The number of carbonyl (C=O) groups excluding carboxylic acids is 2. The molecule has 7 nitrogen and oxygen atoms in total. The fraction of sp³-hybridized carbons (Fsp3) is 0.292. The maximum Gasteiger partial charge on any atom is 0.255 e. The molecule has 0 radical (unpaired) electrons. The molecule has 0 aliphatic heterocycles. The van der Waals surface area contributed by atoms with Crippen molar-refractivity contribution in [2.24, 2.45) is 5.92 Å². The van der Waals surface area contributed by atoms with E-state index in [-0.39, 0.29) is 30.3 Å². The summed E-state index contributed by atoms with van der Waals surface area (Å²) in [6.07, 6.45) is 3.67. The first-order valence-electron chi connectivity index (χ1n) is 10.1. The summed E-state index contributed by atoms with van der Waals surface area (Å²) in [5.41, 5.74) is 3.20. The highest BCUT2D eigenvalue weighted by molar-refractivity contribution is 6.05. The molecule has 1 atom stereocenters. The lowest BCUT2D eigenvalue weighted by Crippen LogP contribution is -2.41. The number of ether oxygens (including phenoxy) is 1. The fourth-order valence-corrected chi connectivity index (χ4v) is 3.32. The number of H-pyrrole nitrogens is 1. The molecule has 1 heterocycles. The third-order valence-corrected chi connectivity index (χ3v) is 5.20. The van der Waals surface area contributed by atoms with Crippen molar-refractivity contribution in [3.63, 3.8) is 0 Å². The minimum absolute atomic E-state index is 0.000346. The highest BCUT2D eigenvalue weighted by atomic mass is 16.5. The maximum atomic E-state index is 12.9. The SMILES string of the molecule is COc1c(C(=O)N[C@H](CO)C(C)C)ccc2[nH]nc(C=Cc3cccc(C(C)=O)c3)c12. The summed E-state index contributed by atoms with van der Waals surface area (Å²) < 4.78 is 5.60. The quantitative estimate of drug-likeness (QED) is 0.481. The molecule has 31 heavy (non-hydrogen) atoms. The number of benzene rings is 2. The second-order valence-corrected chi connectivity index (χ2v) is 7.70. The van der Waals surface area contributed by atoms with Gasteiger partial charge in [0.15, 0.2) is 5.78 Å². The van der Waals surface area contributed by atoms with Crippen LogP contribution in [-0.2, 0) is 0 Å². The Labute approximate surface area is 181 Å². The zero-order chi connectivity index (χ0) is 22.5. The van der Waals surface area contributed by atoms with Crippen molar-refractivity contribution in [3.05, 3.63) is 58.8 Å². The summed E-state index contributed by atoms with van der Waals surface area (Å²) in [6, 6.07) is 10.4. The Morgan fingerprint density at radius 3 is 2.65 bits per heavy atom. The van der Waals surface area contributed by atoms with E-state index in [1.807, 2.05) is 44.2 Å². The van der Waals surface area contributed by atoms with Crippen molar-refractivity contribution >= 4 is 34.7 Å². The molecule has 0 bridgehead atoms. The Morgan fingerprint density at radius 2 is 2.00 bits per heavy atom. The molecule has 2 aromatic carbocycles. The standard InChI is InChI=1S/C24H27N3O4/c1-14(2)21(13-28)25-24(30)18-9-11-20-22(23(18)31-4)19(26-27-20)10-8-16-6-5-7-17(12-16)15(3)29/h5-12,14,21,28H,13H2,1-4H3,(H,25,30)(H,26,27)/t21-/m1/s1. The highest BCUT2D eigenvalue weighted by Crippen LogP contribution is 2.32. The molecule has 0 saturated carbocycles. The minimum atomic E-state index is -0.356. The van der Waals surface area contributed by atoms with Gasteiger partial charge in [-0.1, -0.05) is 38.1 Å². The minimum Gasteiger partial charge on any atom is -0.495 e. The summed E-state index contributed by atoms with van der Waals surface area (Å²) >= 11 is 0. The smallest absolute Gasteiger partial charge is 0.255 e. The number of Topliss-reactive ketones (excluding diaryl/α,β-unsaturated/α-hetero) is 1. The fourth-order valence-electron chi connectivity index (χ4n) is 3.32. The molecule has 3 N–H and O–H groups in total. The normalized spacial score (nSPS) is 12.5. The number of amides is 1. The van der Waals surface area contributed by atoms with Gasteiger partial charge < -0.3 is 15.2 Å². The third-order valence-electron chi connectivity index (χ3n) is 5.20. The largest absolute Gasteiger partial charge is 0.495 e. The Balaban J connectivity index is 1.99. The van der Waals surface area contributed by atoms with E-state index in [4.69, 9.17) is 4.74 Å². The predicted octanol–water partition coefficient (Wildman–Crippen LogP) is 3.69. The second-order valence-electron chi connectivity index (χ2n) is 7.70. The van der Waals surface area contributed by atoms with E-state index in [1.165, 1.54) is 14.0 Å². The van der Waals surface area contributed by atoms with Gasteiger partial charge in [0.1, 0.15) is 5.75 Å². The van der Waals surface area contributed by atoms with Crippen LogP contribution in [0.4, 0.5) is 0 Å². The number of fused-ring (bicyclic) bond motifs is 1. The number of aromatic amines is 1. The van der Waals surface area contributed by atoms with E-state index in [1.54, 1.807) is 18.2 Å². The van der Waals surface area contributed by atoms with Crippen molar-refractivity contribution in [2.45, 2.75) is 26.8 Å². The summed E-state index contributed by atoms with van der Waals surface area (Å²) in [5, 5.41) is 20.4. The molecule has 0 aliphatic carbocycles. The maximum absolute atomic E-state index is 12.9.